The molecule has 0 aromatic carbocycles. The number of hydrogen-bond donors (Lipinski definition) is 2. The summed E-state index contributed by atoms with van der Waals surface area (Å²) in [6.07, 6.45) is 10.6. The third-order valence-corrected chi connectivity index (χ3v) is 5.27. The summed E-state index contributed by atoms with van der Waals surface area (Å²) in [6, 6.07) is 0.329. The summed E-state index contributed by atoms with van der Waals surface area (Å²) >= 11 is 1.88. The second-order valence-electron chi connectivity index (χ2n) is 5.49. The molecule has 19 heavy (non-hydrogen) atoms. The van der Waals surface area contributed by atoms with Gasteiger partial charge in [-0.1, -0.05) is 12.8 Å². The van der Waals surface area contributed by atoms with Gasteiger partial charge in [-0.3, -0.25) is 0 Å². The molecule has 0 aromatic rings. The van der Waals surface area contributed by atoms with Gasteiger partial charge in [-0.2, -0.15) is 11.8 Å². The van der Waals surface area contributed by atoms with Crippen molar-refractivity contribution in [1.82, 2.24) is 10.6 Å². The summed E-state index contributed by atoms with van der Waals surface area (Å²) in [5, 5.41) is 6.68. The SMILES string of the molecule is CS[C@@H]1CCCC[C@@H]1NC(=O)NCC[C@@H]1CCCO1. The molecule has 2 N–H and O–H groups in total. The average Bonchev–Trinajstić information content (AvgIpc) is 2.92. The Balaban J connectivity index is 1.62. The molecule has 1 aliphatic carbocycles. The molecule has 0 spiro atoms. The van der Waals surface area contributed by atoms with Crippen molar-refractivity contribution in [2.45, 2.75) is 62.3 Å². The summed E-state index contributed by atoms with van der Waals surface area (Å²) in [7, 11) is 0. The molecule has 0 aromatic heterocycles. The maximum atomic E-state index is 11.9. The first-order chi connectivity index (χ1) is 9.29. The van der Waals surface area contributed by atoms with E-state index in [1.54, 1.807) is 0 Å². The van der Waals surface area contributed by atoms with Crippen LogP contribution in [0.1, 0.15) is 44.9 Å². The lowest BCUT2D eigenvalue weighted by molar-refractivity contribution is 0.104. The Morgan fingerprint density at radius 3 is 2.84 bits per heavy atom. The molecule has 2 rings (SSSR count). The molecule has 2 amide bonds. The summed E-state index contributed by atoms with van der Waals surface area (Å²) in [4.78, 5) is 11.9. The number of hydrogen-bond acceptors (Lipinski definition) is 3. The monoisotopic (exact) mass is 286 g/mol. The van der Waals surface area contributed by atoms with E-state index < -0.39 is 0 Å². The van der Waals surface area contributed by atoms with Gasteiger partial charge in [-0.05, 0) is 38.4 Å². The molecule has 110 valence electrons. The third-order valence-electron chi connectivity index (χ3n) is 4.10. The van der Waals surface area contributed by atoms with Crippen LogP contribution in [0.15, 0.2) is 0 Å². The molecule has 1 aliphatic heterocycles. The maximum Gasteiger partial charge on any atom is 0.315 e. The molecule has 4 nitrogen and oxygen atoms in total. The van der Waals surface area contributed by atoms with Crippen molar-refractivity contribution in [2.75, 3.05) is 19.4 Å². The van der Waals surface area contributed by atoms with Crippen LogP contribution < -0.4 is 10.6 Å². The van der Waals surface area contributed by atoms with E-state index in [4.69, 9.17) is 4.74 Å². The summed E-state index contributed by atoms with van der Waals surface area (Å²) in [5.74, 6) is 0. The number of amides is 2. The van der Waals surface area contributed by atoms with Gasteiger partial charge in [0.25, 0.3) is 0 Å². The van der Waals surface area contributed by atoms with Gasteiger partial charge in [0.05, 0.1) is 6.10 Å². The Hall–Kier alpha value is -0.420. The summed E-state index contributed by atoms with van der Waals surface area (Å²) < 4.78 is 5.54. The van der Waals surface area contributed by atoms with E-state index in [1.807, 2.05) is 11.8 Å². The number of rotatable bonds is 5. The van der Waals surface area contributed by atoms with Gasteiger partial charge < -0.3 is 15.4 Å². The molecule has 1 saturated heterocycles. The molecular weight excluding hydrogens is 260 g/mol. The number of thioether (sulfide) groups is 1. The van der Waals surface area contributed by atoms with Gasteiger partial charge in [-0.15, -0.1) is 0 Å². The van der Waals surface area contributed by atoms with E-state index in [2.05, 4.69) is 16.9 Å². The number of carbonyl (C=O) groups excluding carboxylic acids is 1. The van der Waals surface area contributed by atoms with E-state index in [1.165, 1.54) is 19.3 Å². The number of carbonyl (C=O) groups is 1. The van der Waals surface area contributed by atoms with Crippen molar-refractivity contribution in [3.8, 4) is 0 Å². The first-order valence-electron chi connectivity index (χ1n) is 7.48. The lowest BCUT2D eigenvalue weighted by Crippen LogP contribution is -2.48. The van der Waals surface area contributed by atoms with Crippen molar-refractivity contribution >= 4 is 17.8 Å². The average molecular weight is 286 g/mol. The first-order valence-corrected chi connectivity index (χ1v) is 8.77. The van der Waals surface area contributed by atoms with Crippen LogP contribution in [-0.4, -0.2) is 42.8 Å². The van der Waals surface area contributed by atoms with Gasteiger partial charge in [0.1, 0.15) is 0 Å². The van der Waals surface area contributed by atoms with Gasteiger partial charge in [0.2, 0.25) is 0 Å². The van der Waals surface area contributed by atoms with Crippen LogP contribution in [-0.2, 0) is 4.74 Å². The summed E-state index contributed by atoms with van der Waals surface area (Å²) in [5.41, 5.74) is 0. The second-order valence-corrected chi connectivity index (χ2v) is 6.57. The molecule has 3 atom stereocenters. The van der Waals surface area contributed by atoms with Gasteiger partial charge in [0.15, 0.2) is 0 Å². The predicted octanol–water partition coefficient (Wildman–Crippen LogP) is 2.53. The van der Waals surface area contributed by atoms with Gasteiger partial charge in [-0.25, -0.2) is 4.79 Å². The topological polar surface area (TPSA) is 50.4 Å². The minimum absolute atomic E-state index is 0.0102. The maximum absolute atomic E-state index is 11.9. The molecule has 2 fully saturated rings. The van der Waals surface area contributed by atoms with Crippen LogP contribution in [0, 0.1) is 0 Å². The zero-order valence-electron chi connectivity index (χ0n) is 11.8. The molecule has 2 aliphatic rings. The predicted molar refractivity (Wildman–Crippen MR) is 79.7 cm³/mol. The van der Waals surface area contributed by atoms with Crippen molar-refractivity contribution in [1.29, 1.82) is 0 Å². The minimum atomic E-state index is -0.0102. The van der Waals surface area contributed by atoms with E-state index >= 15 is 0 Å². The minimum Gasteiger partial charge on any atom is -0.378 e. The third kappa shape index (κ3) is 4.88. The van der Waals surface area contributed by atoms with E-state index in [0.29, 0.717) is 23.9 Å². The normalized spacial score (nSPS) is 31.1. The van der Waals surface area contributed by atoms with Crippen molar-refractivity contribution < 1.29 is 9.53 Å². The van der Waals surface area contributed by atoms with E-state index in [0.717, 1.165) is 32.3 Å². The van der Waals surface area contributed by atoms with Crippen LogP contribution in [0.4, 0.5) is 4.79 Å². The Bertz CT molecular complexity index is 283. The van der Waals surface area contributed by atoms with Crippen molar-refractivity contribution in [3.63, 3.8) is 0 Å². The van der Waals surface area contributed by atoms with Gasteiger partial charge in [0, 0.05) is 24.4 Å². The molecule has 1 saturated carbocycles. The molecule has 0 unspecified atom stereocenters. The highest BCUT2D eigenvalue weighted by molar-refractivity contribution is 7.99. The van der Waals surface area contributed by atoms with Crippen LogP contribution in [0.3, 0.4) is 0 Å². The molecule has 0 bridgehead atoms. The van der Waals surface area contributed by atoms with Crippen molar-refractivity contribution in [3.05, 3.63) is 0 Å². The number of nitrogens with one attached hydrogen (secondary N) is 2. The largest absolute Gasteiger partial charge is 0.378 e. The lowest BCUT2D eigenvalue weighted by atomic mass is 9.95. The number of ether oxygens (including phenoxy) is 1. The van der Waals surface area contributed by atoms with Crippen LogP contribution in [0.25, 0.3) is 0 Å². The van der Waals surface area contributed by atoms with Crippen LogP contribution >= 0.6 is 11.8 Å². The van der Waals surface area contributed by atoms with Crippen LogP contribution in [0.2, 0.25) is 0 Å². The zero-order valence-corrected chi connectivity index (χ0v) is 12.6. The Labute approximate surface area is 120 Å². The van der Waals surface area contributed by atoms with Gasteiger partial charge >= 0.3 is 6.03 Å². The lowest BCUT2D eigenvalue weighted by Gasteiger charge is -2.30. The highest BCUT2D eigenvalue weighted by Gasteiger charge is 2.25. The molecular formula is C14H26N2O2S. The fraction of sp³-hybridized carbons (Fsp3) is 0.929. The Morgan fingerprint density at radius 1 is 1.26 bits per heavy atom. The first kappa shape index (κ1) is 15.0. The van der Waals surface area contributed by atoms with E-state index in [-0.39, 0.29) is 6.03 Å². The Morgan fingerprint density at radius 2 is 2.11 bits per heavy atom. The summed E-state index contributed by atoms with van der Waals surface area (Å²) in [6.45, 7) is 1.60. The highest BCUT2D eigenvalue weighted by Crippen LogP contribution is 2.27. The second kappa shape index (κ2) is 8.00. The smallest absolute Gasteiger partial charge is 0.315 e. The Kier molecular flexibility index (Phi) is 6.31. The molecule has 0 radical (unpaired) electrons. The molecule has 5 heteroatoms. The van der Waals surface area contributed by atoms with Crippen LogP contribution in [0.5, 0.6) is 0 Å². The quantitative estimate of drug-likeness (QED) is 0.816. The highest BCUT2D eigenvalue weighted by atomic mass is 32.2. The standard InChI is InChI=1S/C14H26N2O2S/c1-19-13-7-3-2-6-12(13)16-14(17)15-9-8-11-5-4-10-18-11/h11-13H,2-10H2,1H3,(H2,15,16,17)/t11-,12-,13+/m0/s1. The fourth-order valence-corrected chi connectivity index (χ4v) is 3.92. The zero-order chi connectivity index (χ0) is 13.5. The van der Waals surface area contributed by atoms with Crippen molar-refractivity contribution in [2.24, 2.45) is 0 Å². The fourth-order valence-electron chi connectivity index (χ4n) is 2.98. The number of urea groups is 1. The molecule has 1 heterocycles. The van der Waals surface area contributed by atoms with E-state index in [9.17, 15) is 4.79 Å².